The first-order valence-corrected chi connectivity index (χ1v) is 6.47. The van der Waals surface area contributed by atoms with E-state index >= 15 is 0 Å². The molecule has 2 atom stereocenters. The highest BCUT2D eigenvalue weighted by molar-refractivity contribution is 5.05. The van der Waals surface area contributed by atoms with E-state index < -0.39 is 0 Å². The summed E-state index contributed by atoms with van der Waals surface area (Å²) < 4.78 is 10.9. The molecule has 1 aliphatic heterocycles. The van der Waals surface area contributed by atoms with Gasteiger partial charge in [0, 0.05) is 12.0 Å². The van der Waals surface area contributed by atoms with Crippen LogP contribution in [0.3, 0.4) is 0 Å². The van der Waals surface area contributed by atoms with Crippen molar-refractivity contribution in [1.29, 1.82) is 0 Å². The van der Waals surface area contributed by atoms with Crippen LogP contribution in [0.4, 0.5) is 0 Å². The van der Waals surface area contributed by atoms with Gasteiger partial charge in [-0.2, -0.15) is 4.98 Å². The van der Waals surface area contributed by atoms with E-state index in [1.807, 2.05) is 7.05 Å². The highest BCUT2D eigenvalue weighted by Gasteiger charge is 2.34. The number of ether oxygens (including phenoxy) is 1. The second kappa shape index (κ2) is 4.74. The molecule has 5 heteroatoms. The molecule has 1 aromatic heterocycles. The Balaban J connectivity index is 1.75. The molecular weight excluding hydrogens is 218 g/mol. The van der Waals surface area contributed by atoms with Crippen LogP contribution >= 0.6 is 0 Å². The van der Waals surface area contributed by atoms with Gasteiger partial charge in [-0.15, -0.1) is 0 Å². The van der Waals surface area contributed by atoms with Crippen molar-refractivity contribution in [2.24, 2.45) is 0 Å². The smallest absolute Gasteiger partial charge is 0.233 e. The van der Waals surface area contributed by atoms with Crippen LogP contribution in [-0.2, 0) is 4.74 Å². The normalized spacial score (nSPS) is 30.2. The maximum Gasteiger partial charge on any atom is 0.233 e. The van der Waals surface area contributed by atoms with Gasteiger partial charge in [-0.1, -0.05) is 18.0 Å². The molecule has 0 spiro atoms. The summed E-state index contributed by atoms with van der Waals surface area (Å²) >= 11 is 0. The van der Waals surface area contributed by atoms with E-state index in [0.29, 0.717) is 18.6 Å². The Morgan fingerprint density at radius 2 is 2.06 bits per heavy atom. The van der Waals surface area contributed by atoms with E-state index in [4.69, 9.17) is 9.26 Å². The average molecular weight is 237 g/mol. The number of rotatable bonds is 3. The maximum atomic E-state index is 5.46. The fourth-order valence-electron chi connectivity index (χ4n) is 2.83. The van der Waals surface area contributed by atoms with Gasteiger partial charge in [0.1, 0.15) is 0 Å². The molecule has 1 saturated carbocycles. The monoisotopic (exact) mass is 237 g/mol. The van der Waals surface area contributed by atoms with Gasteiger partial charge in [0.25, 0.3) is 0 Å². The summed E-state index contributed by atoms with van der Waals surface area (Å²) in [4.78, 5) is 4.57. The van der Waals surface area contributed by atoms with Crippen molar-refractivity contribution in [3.63, 3.8) is 0 Å². The van der Waals surface area contributed by atoms with Crippen molar-refractivity contribution >= 4 is 0 Å². The molecule has 2 heterocycles. The predicted octanol–water partition coefficient (Wildman–Crippen LogP) is 1.43. The van der Waals surface area contributed by atoms with Crippen LogP contribution in [0.25, 0.3) is 0 Å². The summed E-state index contributed by atoms with van der Waals surface area (Å²) in [5.74, 6) is 2.37. The molecule has 1 N–H and O–H groups in total. The molecule has 2 aliphatic rings. The molecule has 17 heavy (non-hydrogen) atoms. The molecule has 5 nitrogen and oxygen atoms in total. The van der Waals surface area contributed by atoms with Gasteiger partial charge < -0.3 is 14.6 Å². The van der Waals surface area contributed by atoms with Crippen molar-refractivity contribution in [2.45, 2.75) is 43.6 Å². The minimum Gasteiger partial charge on any atom is -0.379 e. The fourth-order valence-corrected chi connectivity index (χ4v) is 2.83. The molecule has 0 bridgehead atoms. The third-order valence-electron chi connectivity index (χ3n) is 3.95. The zero-order valence-electron chi connectivity index (χ0n) is 10.2. The van der Waals surface area contributed by atoms with Crippen LogP contribution in [-0.4, -0.2) is 36.4 Å². The number of aromatic nitrogens is 2. The largest absolute Gasteiger partial charge is 0.379 e. The van der Waals surface area contributed by atoms with Crippen molar-refractivity contribution in [2.75, 3.05) is 20.3 Å². The van der Waals surface area contributed by atoms with Crippen molar-refractivity contribution in [1.82, 2.24) is 15.5 Å². The lowest BCUT2D eigenvalue weighted by Crippen LogP contribution is -2.31. The summed E-state index contributed by atoms with van der Waals surface area (Å²) in [5.41, 5.74) is 0. The molecule has 0 aromatic carbocycles. The summed E-state index contributed by atoms with van der Waals surface area (Å²) in [5, 5.41) is 7.38. The Morgan fingerprint density at radius 3 is 2.82 bits per heavy atom. The number of hydrogen-bond acceptors (Lipinski definition) is 5. The van der Waals surface area contributed by atoms with Gasteiger partial charge in [0.05, 0.1) is 19.1 Å². The lowest BCUT2D eigenvalue weighted by atomic mass is 10.0. The van der Waals surface area contributed by atoms with E-state index in [1.165, 1.54) is 25.7 Å². The van der Waals surface area contributed by atoms with Crippen LogP contribution in [0.5, 0.6) is 0 Å². The molecule has 3 rings (SSSR count). The fraction of sp³-hybridized carbons (Fsp3) is 0.833. The minimum absolute atomic E-state index is 0.211. The second-order valence-electron chi connectivity index (χ2n) is 5.01. The highest BCUT2D eigenvalue weighted by atomic mass is 16.5. The van der Waals surface area contributed by atoms with E-state index in [0.717, 1.165) is 18.3 Å². The first-order valence-electron chi connectivity index (χ1n) is 6.47. The van der Waals surface area contributed by atoms with Crippen LogP contribution in [0.15, 0.2) is 4.52 Å². The van der Waals surface area contributed by atoms with E-state index in [2.05, 4.69) is 15.5 Å². The molecule has 2 fully saturated rings. The second-order valence-corrected chi connectivity index (χ2v) is 5.01. The lowest BCUT2D eigenvalue weighted by Gasteiger charge is -2.11. The third kappa shape index (κ3) is 2.09. The predicted molar refractivity (Wildman–Crippen MR) is 61.9 cm³/mol. The Bertz CT molecular complexity index is 374. The SMILES string of the molecule is CNC1COCC1c1nc(C2CCCC2)no1. The number of hydrogen-bond donors (Lipinski definition) is 1. The zero-order chi connectivity index (χ0) is 11.7. The molecule has 0 radical (unpaired) electrons. The van der Waals surface area contributed by atoms with Gasteiger partial charge in [-0.3, -0.25) is 0 Å². The number of likely N-dealkylation sites (N-methyl/N-ethyl adjacent to an activating group) is 1. The van der Waals surface area contributed by atoms with Gasteiger partial charge in [0.15, 0.2) is 5.82 Å². The van der Waals surface area contributed by atoms with Crippen molar-refractivity contribution < 1.29 is 9.26 Å². The summed E-state index contributed by atoms with van der Waals surface area (Å²) in [6, 6.07) is 0.298. The minimum atomic E-state index is 0.211. The maximum absolute atomic E-state index is 5.46. The van der Waals surface area contributed by atoms with Gasteiger partial charge in [0.2, 0.25) is 5.89 Å². The lowest BCUT2D eigenvalue weighted by molar-refractivity contribution is 0.185. The van der Waals surface area contributed by atoms with Crippen molar-refractivity contribution in [3.8, 4) is 0 Å². The van der Waals surface area contributed by atoms with E-state index in [9.17, 15) is 0 Å². The molecule has 0 amide bonds. The topological polar surface area (TPSA) is 60.2 Å². The van der Waals surface area contributed by atoms with E-state index in [-0.39, 0.29) is 5.92 Å². The molecule has 2 unspecified atom stereocenters. The molecule has 1 aromatic rings. The van der Waals surface area contributed by atoms with Gasteiger partial charge in [-0.05, 0) is 19.9 Å². The number of nitrogens with zero attached hydrogens (tertiary/aromatic N) is 2. The molecule has 94 valence electrons. The van der Waals surface area contributed by atoms with Crippen molar-refractivity contribution in [3.05, 3.63) is 11.7 Å². The molecular formula is C12H19N3O2. The first-order chi connectivity index (χ1) is 8.38. The van der Waals surface area contributed by atoms with Crippen LogP contribution in [0.2, 0.25) is 0 Å². The summed E-state index contributed by atoms with van der Waals surface area (Å²) in [6.07, 6.45) is 4.99. The van der Waals surface area contributed by atoms with Crippen LogP contribution in [0.1, 0.15) is 49.2 Å². The van der Waals surface area contributed by atoms with Gasteiger partial charge >= 0.3 is 0 Å². The Labute approximate surface area is 101 Å². The van der Waals surface area contributed by atoms with Crippen LogP contribution < -0.4 is 5.32 Å². The Kier molecular flexibility index (Phi) is 3.11. The number of nitrogens with one attached hydrogen (secondary N) is 1. The van der Waals surface area contributed by atoms with Gasteiger partial charge in [-0.25, -0.2) is 0 Å². The summed E-state index contributed by atoms with van der Waals surface area (Å²) in [6.45, 7) is 1.40. The first kappa shape index (κ1) is 11.2. The quantitative estimate of drug-likeness (QED) is 0.861. The summed E-state index contributed by atoms with van der Waals surface area (Å²) in [7, 11) is 1.95. The standard InChI is InChI=1S/C12H19N3O2/c1-13-10-7-16-6-9(10)12-14-11(15-17-12)8-4-2-3-5-8/h8-10,13H,2-7H2,1H3. The average Bonchev–Trinajstić information content (AvgIpc) is 3.09. The molecule has 1 aliphatic carbocycles. The zero-order valence-corrected chi connectivity index (χ0v) is 10.2. The van der Waals surface area contributed by atoms with E-state index in [1.54, 1.807) is 0 Å². The highest BCUT2D eigenvalue weighted by Crippen LogP contribution is 2.33. The Hall–Kier alpha value is -0.940. The molecule has 1 saturated heterocycles. The third-order valence-corrected chi connectivity index (χ3v) is 3.95. The van der Waals surface area contributed by atoms with Crippen LogP contribution in [0, 0.1) is 0 Å². The Morgan fingerprint density at radius 1 is 1.24 bits per heavy atom.